The van der Waals surface area contributed by atoms with E-state index in [1.165, 1.54) is 0 Å². The van der Waals surface area contributed by atoms with E-state index < -0.39 is 0 Å². The molecule has 0 fully saturated rings. The first kappa shape index (κ1) is 13.5. The minimum Gasteiger partial charge on any atom is -0.462 e. The van der Waals surface area contributed by atoms with E-state index in [4.69, 9.17) is 10.5 Å². The number of esters is 1. The highest BCUT2D eigenvalue weighted by molar-refractivity contribution is 6.04. The van der Waals surface area contributed by atoms with Gasteiger partial charge in [-0.3, -0.25) is 0 Å². The zero-order valence-corrected chi connectivity index (χ0v) is 11.4. The van der Waals surface area contributed by atoms with Crippen molar-refractivity contribution in [1.82, 2.24) is 4.98 Å². The van der Waals surface area contributed by atoms with Gasteiger partial charge >= 0.3 is 5.97 Å². The van der Waals surface area contributed by atoms with E-state index >= 15 is 0 Å². The Bertz CT molecular complexity index is 575. The molecule has 1 unspecified atom stereocenters. The van der Waals surface area contributed by atoms with Crippen LogP contribution in [-0.4, -0.2) is 17.6 Å². The summed E-state index contributed by atoms with van der Waals surface area (Å²) in [6, 6.07) is 5.44. The summed E-state index contributed by atoms with van der Waals surface area (Å²) >= 11 is 0. The maximum Gasteiger partial charge on any atom is 0.340 e. The van der Waals surface area contributed by atoms with Gasteiger partial charge in [-0.2, -0.15) is 0 Å². The number of hydrogen-bond acceptors (Lipinski definition) is 3. The number of benzene rings is 1. The molecule has 1 atom stereocenters. The number of H-pyrrole nitrogens is 1. The van der Waals surface area contributed by atoms with Crippen molar-refractivity contribution in [2.24, 2.45) is 5.92 Å². The van der Waals surface area contributed by atoms with Gasteiger partial charge in [-0.05, 0) is 30.5 Å². The molecule has 19 heavy (non-hydrogen) atoms. The van der Waals surface area contributed by atoms with Gasteiger partial charge in [0.15, 0.2) is 0 Å². The molecule has 3 N–H and O–H groups in total. The van der Waals surface area contributed by atoms with Gasteiger partial charge in [0.05, 0.1) is 12.2 Å². The summed E-state index contributed by atoms with van der Waals surface area (Å²) in [7, 11) is 0. The van der Waals surface area contributed by atoms with Crippen LogP contribution in [0.25, 0.3) is 10.9 Å². The number of anilines is 1. The molecule has 1 heterocycles. The molecule has 1 aromatic carbocycles. The minimum atomic E-state index is -0.279. The summed E-state index contributed by atoms with van der Waals surface area (Å²) in [5.41, 5.74) is 7.80. The van der Waals surface area contributed by atoms with Crippen LogP contribution < -0.4 is 5.73 Å². The van der Waals surface area contributed by atoms with Crippen LogP contribution in [0.4, 0.5) is 5.69 Å². The van der Waals surface area contributed by atoms with Gasteiger partial charge in [-0.25, -0.2) is 4.79 Å². The van der Waals surface area contributed by atoms with Crippen LogP contribution >= 0.6 is 0 Å². The van der Waals surface area contributed by atoms with Gasteiger partial charge in [0.1, 0.15) is 0 Å². The average molecular weight is 260 g/mol. The number of carbonyl (C=O) groups excluding carboxylic acids is 1. The Labute approximate surface area is 112 Å². The predicted octanol–water partition coefficient (Wildman–Crippen LogP) is 3.34. The van der Waals surface area contributed by atoms with E-state index in [0.29, 0.717) is 23.8 Å². The lowest BCUT2D eigenvalue weighted by Gasteiger charge is -2.10. The van der Waals surface area contributed by atoms with Crippen molar-refractivity contribution in [2.75, 3.05) is 12.3 Å². The van der Waals surface area contributed by atoms with E-state index in [9.17, 15) is 4.79 Å². The third-order valence-corrected chi connectivity index (χ3v) is 3.21. The summed E-state index contributed by atoms with van der Waals surface area (Å²) in [5, 5.41) is 0.849. The first-order chi connectivity index (χ1) is 9.11. The molecular formula is C15H20N2O2. The molecule has 0 aliphatic heterocycles. The lowest BCUT2D eigenvalue weighted by molar-refractivity contribution is 0.0446. The van der Waals surface area contributed by atoms with Crippen molar-refractivity contribution in [3.05, 3.63) is 30.0 Å². The molecule has 4 nitrogen and oxygen atoms in total. The fraction of sp³-hybridized carbons (Fsp3) is 0.400. The highest BCUT2D eigenvalue weighted by atomic mass is 16.5. The molecule has 0 saturated heterocycles. The Morgan fingerprint density at radius 3 is 3.00 bits per heavy atom. The monoisotopic (exact) mass is 260 g/mol. The Balaban J connectivity index is 2.09. The standard InChI is InChI=1S/C15H20N2O2/c1-3-4-10(2)9-19-15(18)13-8-17-14-7-11(16)5-6-12(13)14/h5-8,10,17H,3-4,9,16H2,1-2H3. The number of carbonyl (C=O) groups is 1. The van der Waals surface area contributed by atoms with Crippen LogP contribution in [0.2, 0.25) is 0 Å². The van der Waals surface area contributed by atoms with Gasteiger partial charge in [0, 0.05) is 22.8 Å². The zero-order chi connectivity index (χ0) is 13.8. The highest BCUT2D eigenvalue weighted by Crippen LogP contribution is 2.21. The normalized spacial score (nSPS) is 12.5. The average Bonchev–Trinajstić information content (AvgIpc) is 2.79. The number of ether oxygens (including phenoxy) is 1. The van der Waals surface area contributed by atoms with Crippen molar-refractivity contribution >= 4 is 22.6 Å². The third-order valence-electron chi connectivity index (χ3n) is 3.21. The van der Waals surface area contributed by atoms with Crippen molar-refractivity contribution in [3.63, 3.8) is 0 Å². The molecule has 0 saturated carbocycles. The molecule has 0 radical (unpaired) electrons. The molecule has 102 valence electrons. The fourth-order valence-corrected chi connectivity index (χ4v) is 2.18. The fourth-order valence-electron chi connectivity index (χ4n) is 2.18. The summed E-state index contributed by atoms with van der Waals surface area (Å²) in [4.78, 5) is 15.1. The first-order valence-corrected chi connectivity index (χ1v) is 6.65. The van der Waals surface area contributed by atoms with Crippen LogP contribution in [-0.2, 0) is 4.74 Å². The Morgan fingerprint density at radius 1 is 1.47 bits per heavy atom. The van der Waals surface area contributed by atoms with Crippen molar-refractivity contribution in [3.8, 4) is 0 Å². The van der Waals surface area contributed by atoms with Gasteiger partial charge in [0.2, 0.25) is 0 Å². The number of nitrogens with one attached hydrogen (secondary N) is 1. The molecule has 4 heteroatoms. The van der Waals surface area contributed by atoms with Crippen LogP contribution in [0.15, 0.2) is 24.4 Å². The lowest BCUT2D eigenvalue weighted by Crippen LogP contribution is -2.11. The van der Waals surface area contributed by atoms with E-state index in [1.807, 2.05) is 12.1 Å². The van der Waals surface area contributed by atoms with Crippen molar-refractivity contribution in [2.45, 2.75) is 26.7 Å². The molecule has 0 aliphatic rings. The topological polar surface area (TPSA) is 68.1 Å². The largest absolute Gasteiger partial charge is 0.462 e. The molecule has 0 aliphatic carbocycles. The second-order valence-electron chi connectivity index (χ2n) is 5.00. The van der Waals surface area contributed by atoms with Crippen molar-refractivity contribution in [1.29, 1.82) is 0 Å². The quantitative estimate of drug-likeness (QED) is 0.640. The molecular weight excluding hydrogens is 240 g/mol. The maximum absolute atomic E-state index is 12.0. The number of aromatic nitrogens is 1. The molecule has 0 spiro atoms. The van der Waals surface area contributed by atoms with E-state index in [-0.39, 0.29) is 5.97 Å². The van der Waals surface area contributed by atoms with Gasteiger partial charge in [-0.15, -0.1) is 0 Å². The lowest BCUT2D eigenvalue weighted by atomic mass is 10.1. The maximum atomic E-state index is 12.0. The molecule has 1 aromatic heterocycles. The van der Waals surface area contributed by atoms with Gasteiger partial charge in [0.25, 0.3) is 0 Å². The summed E-state index contributed by atoms with van der Waals surface area (Å²) in [6.45, 7) is 4.68. The molecule has 0 bridgehead atoms. The Hall–Kier alpha value is -1.97. The summed E-state index contributed by atoms with van der Waals surface area (Å²) in [5.74, 6) is 0.119. The first-order valence-electron chi connectivity index (χ1n) is 6.65. The highest BCUT2D eigenvalue weighted by Gasteiger charge is 2.14. The smallest absolute Gasteiger partial charge is 0.340 e. The Kier molecular flexibility index (Phi) is 4.10. The van der Waals surface area contributed by atoms with Crippen LogP contribution in [0.3, 0.4) is 0 Å². The SMILES string of the molecule is CCCC(C)COC(=O)c1c[nH]c2cc(N)ccc12. The summed E-state index contributed by atoms with van der Waals surface area (Å²) in [6.07, 6.45) is 3.85. The van der Waals surface area contributed by atoms with Crippen LogP contribution in [0.5, 0.6) is 0 Å². The molecule has 2 aromatic rings. The number of rotatable bonds is 5. The number of aromatic amines is 1. The zero-order valence-electron chi connectivity index (χ0n) is 11.4. The summed E-state index contributed by atoms with van der Waals surface area (Å²) < 4.78 is 5.35. The predicted molar refractivity (Wildman–Crippen MR) is 77.1 cm³/mol. The van der Waals surface area contributed by atoms with E-state index in [2.05, 4.69) is 18.8 Å². The van der Waals surface area contributed by atoms with Gasteiger partial charge in [-0.1, -0.05) is 20.3 Å². The second-order valence-corrected chi connectivity index (χ2v) is 5.00. The number of nitrogen functional groups attached to an aromatic ring is 1. The van der Waals surface area contributed by atoms with E-state index in [1.54, 1.807) is 12.3 Å². The van der Waals surface area contributed by atoms with Crippen LogP contribution in [0, 0.1) is 5.92 Å². The van der Waals surface area contributed by atoms with Crippen LogP contribution in [0.1, 0.15) is 37.0 Å². The molecule has 2 rings (SSSR count). The number of hydrogen-bond donors (Lipinski definition) is 2. The third kappa shape index (κ3) is 3.08. The Morgan fingerprint density at radius 2 is 2.26 bits per heavy atom. The van der Waals surface area contributed by atoms with Crippen molar-refractivity contribution < 1.29 is 9.53 Å². The number of fused-ring (bicyclic) bond motifs is 1. The van der Waals surface area contributed by atoms with Gasteiger partial charge < -0.3 is 15.5 Å². The second kappa shape index (κ2) is 5.78. The van der Waals surface area contributed by atoms with E-state index in [0.717, 1.165) is 23.7 Å². The molecule has 0 amide bonds. The number of nitrogens with two attached hydrogens (primary N) is 1. The minimum absolute atomic E-state index is 0.279.